The van der Waals surface area contributed by atoms with Crippen molar-refractivity contribution in [2.45, 2.75) is 6.92 Å². The highest BCUT2D eigenvalue weighted by Gasteiger charge is 2.00. The molecule has 0 radical (unpaired) electrons. The summed E-state index contributed by atoms with van der Waals surface area (Å²) >= 11 is 1.53. The van der Waals surface area contributed by atoms with Gasteiger partial charge in [-0.1, -0.05) is 0 Å². The lowest BCUT2D eigenvalue weighted by atomic mass is 10.3. The van der Waals surface area contributed by atoms with E-state index in [1.807, 2.05) is 18.4 Å². The Morgan fingerprint density at radius 3 is 2.87 bits per heavy atom. The van der Waals surface area contributed by atoms with Gasteiger partial charge >= 0.3 is 5.97 Å². The molecule has 1 rings (SSSR count). The molecule has 1 aromatic rings. The zero-order valence-electron chi connectivity index (χ0n) is 8.19. The number of amides is 1. The highest BCUT2D eigenvalue weighted by atomic mass is 32.1. The summed E-state index contributed by atoms with van der Waals surface area (Å²) in [6.45, 7) is 1.60. The predicted molar refractivity (Wildman–Crippen MR) is 58.7 cm³/mol. The third kappa shape index (κ3) is 3.95. The molecule has 0 aliphatic rings. The Morgan fingerprint density at radius 2 is 2.33 bits per heavy atom. The molecule has 0 fully saturated rings. The number of carboxylic acid groups (broad SMARTS) is 1. The molecule has 0 aliphatic carbocycles. The number of carbonyl (C=O) groups is 2. The quantitative estimate of drug-likeness (QED) is 0.758. The Balaban J connectivity index is 2.48. The second kappa shape index (κ2) is 5.31. The first-order valence-electron chi connectivity index (χ1n) is 4.31. The third-order valence-electron chi connectivity index (χ3n) is 1.70. The standard InChI is InChI=1S/C10H11NO3S/c1-7-4-5-15-8(7)2-3-9(12)11-6-10(13)14/h2-5H,6H2,1H3,(H,11,12)(H,13,14). The van der Waals surface area contributed by atoms with Crippen molar-refractivity contribution < 1.29 is 14.7 Å². The maximum Gasteiger partial charge on any atom is 0.322 e. The molecule has 5 heteroatoms. The molecule has 2 N–H and O–H groups in total. The number of rotatable bonds is 4. The molecule has 0 saturated carbocycles. The number of carboxylic acids is 1. The van der Waals surface area contributed by atoms with Gasteiger partial charge in [-0.2, -0.15) is 0 Å². The molecule has 15 heavy (non-hydrogen) atoms. The summed E-state index contributed by atoms with van der Waals surface area (Å²) < 4.78 is 0. The lowest BCUT2D eigenvalue weighted by Crippen LogP contribution is -2.27. The summed E-state index contributed by atoms with van der Waals surface area (Å²) in [6, 6.07) is 1.96. The Morgan fingerprint density at radius 1 is 1.60 bits per heavy atom. The van der Waals surface area contributed by atoms with Gasteiger partial charge in [0.25, 0.3) is 0 Å². The first-order valence-corrected chi connectivity index (χ1v) is 5.19. The Labute approximate surface area is 91.2 Å². The van der Waals surface area contributed by atoms with Gasteiger partial charge in [0.05, 0.1) is 0 Å². The van der Waals surface area contributed by atoms with Crippen LogP contribution in [0.2, 0.25) is 0 Å². The lowest BCUT2D eigenvalue weighted by molar-refractivity contribution is -0.137. The fraction of sp³-hybridized carbons (Fsp3) is 0.200. The van der Waals surface area contributed by atoms with E-state index in [4.69, 9.17) is 5.11 Å². The van der Waals surface area contributed by atoms with Crippen LogP contribution in [0.5, 0.6) is 0 Å². The molecule has 0 aromatic carbocycles. The van der Waals surface area contributed by atoms with Crippen molar-refractivity contribution in [1.29, 1.82) is 0 Å². The summed E-state index contributed by atoms with van der Waals surface area (Å²) in [5.41, 5.74) is 1.10. The molecule has 1 heterocycles. The van der Waals surface area contributed by atoms with Gasteiger partial charge in [-0.25, -0.2) is 0 Å². The van der Waals surface area contributed by atoms with Crippen LogP contribution < -0.4 is 5.32 Å². The van der Waals surface area contributed by atoms with E-state index in [0.717, 1.165) is 10.4 Å². The molecule has 0 aliphatic heterocycles. The Hall–Kier alpha value is -1.62. The van der Waals surface area contributed by atoms with Crippen molar-refractivity contribution in [3.63, 3.8) is 0 Å². The third-order valence-corrected chi connectivity index (χ3v) is 2.69. The predicted octanol–water partition coefficient (Wildman–Crippen LogP) is 1.27. The Bertz CT molecular complexity index is 395. The number of thiophene rings is 1. The van der Waals surface area contributed by atoms with Gasteiger partial charge in [0.15, 0.2) is 0 Å². The second-order valence-electron chi connectivity index (χ2n) is 2.91. The van der Waals surface area contributed by atoms with Crippen molar-refractivity contribution in [3.05, 3.63) is 28.0 Å². The molecule has 0 saturated heterocycles. The second-order valence-corrected chi connectivity index (χ2v) is 3.86. The van der Waals surface area contributed by atoms with Crippen LogP contribution in [-0.4, -0.2) is 23.5 Å². The minimum Gasteiger partial charge on any atom is -0.480 e. The fourth-order valence-corrected chi connectivity index (χ4v) is 1.75. The van der Waals surface area contributed by atoms with Gasteiger partial charge in [0.2, 0.25) is 5.91 Å². The molecule has 0 bridgehead atoms. The zero-order valence-corrected chi connectivity index (χ0v) is 9.00. The van der Waals surface area contributed by atoms with Crippen LogP contribution in [0.1, 0.15) is 10.4 Å². The maximum absolute atomic E-state index is 11.1. The smallest absolute Gasteiger partial charge is 0.322 e. The van der Waals surface area contributed by atoms with E-state index in [2.05, 4.69) is 5.32 Å². The topological polar surface area (TPSA) is 66.4 Å². The molecule has 4 nitrogen and oxygen atoms in total. The number of aryl methyl sites for hydroxylation is 1. The van der Waals surface area contributed by atoms with Gasteiger partial charge in [-0.05, 0) is 30.0 Å². The van der Waals surface area contributed by atoms with E-state index in [-0.39, 0.29) is 6.54 Å². The summed E-state index contributed by atoms with van der Waals surface area (Å²) in [5.74, 6) is -1.45. The van der Waals surface area contributed by atoms with Gasteiger partial charge in [0, 0.05) is 11.0 Å². The molecule has 0 spiro atoms. The number of aliphatic carboxylic acids is 1. The highest BCUT2D eigenvalue weighted by molar-refractivity contribution is 7.11. The van der Waals surface area contributed by atoms with Gasteiger partial charge in [-0.15, -0.1) is 11.3 Å². The van der Waals surface area contributed by atoms with Crippen LogP contribution in [0.25, 0.3) is 6.08 Å². The molecule has 0 unspecified atom stereocenters. The number of hydrogen-bond donors (Lipinski definition) is 2. The molecule has 0 atom stereocenters. The SMILES string of the molecule is Cc1ccsc1C=CC(=O)NCC(=O)O. The van der Waals surface area contributed by atoms with E-state index in [0.29, 0.717) is 0 Å². The molecule has 1 amide bonds. The minimum atomic E-state index is -1.05. The Kier molecular flexibility index (Phi) is 4.05. The van der Waals surface area contributed by atoms with Crippen LogP contribution in [-0.2, 0) is 9.59 Å². The minimum absolute atomic E-state index is 0.355. The number of nitrogens with one attached hydrogen (secondary N) is 1. The molecular formula is C10H11NO3S. The van der Waals surface area contributed by atoms with Crippen LogP contribution >= 0.6 is 11.3 Å². The summed E-state index contributed by atoms with van der Waals surface area (Å²) in [4.78, 5) is 22.3. The highest BCUT2D eigenvalue weighted by Crippen LogP contribution is 2.16. The summed E-state index contributed by atoms with van der Waals surface area (Å²) in [5, 5.41) is 12.5. The van der Waals surface area contributed by atoms with E-state index < -0.39 is 11.9 Å². The van der Waals surface area contributed by atoms with E-state index in [1.54, 1.807) is 6.08 Å². The monoisotopic (exact) mass is 225 g/mol. The molecule has 1 aromatic heterocycles. The molecule has 80 valence electrons. The zero-order chi connectivity index (χ0) is 11.3. The maximum atomic E-state index is 11.1. The first-order chi connectivity index (χ1) is 7.09. The van der Waals surface area contributed by atoms with Gasteiger partial charge in [-0.3, -0.25) is 9.59 Å². The van der Waals surface area contributed by atoms with Crippen LogP contribution in [0.15, 0.2) is 17.5 Å². The van der Waals surface area contributed by atoms with Crippen LogP contribution in [0.3, 0.4) is 0 Å². The van der Waals surface area contributed by atoms with E-state index >= 15 is 0 Å². The normalized spacial score (nSPS) is 10.5. The number of hydrogen-bond acceptors (Lipinski definition) is 3. The molecular weight excluding hydrogens is 214 g/mol. The lowest BCUT2D eigenvalue weighted by Gasteiger charge is -1.95. The van der Waals surface area contributed by atoms with Crippen molar-refractivity contribution in [1.82, 2.24) is 5.32 Å². The summed E-state index contributed by atoms with van der Waals surface area (Å²) in [7, 11) is 0. The van der Waals surface area contributed by atoms with E-state index in [1.165, 1.54) is 17.4 Å². The summed E-state index contributed by atoms with van der Waals surface area (Å²) in [6.07, 6.45) is 3.01. The van der Waals surface area contributed by atoms with Crippen molar-refractivity contribution in [2.24, 2.45) is 0 Å². The average Bonchev–Trinajstić information content (AvgIpc) is 2.58. The van der Waals surface area contributed by atoms with Crippen molar-refractivity contribution in [2.75, 3.05) is 6.54 Å². The van der Waals surface area contributed by atoms with Gasteiger partial charge < -0.3 is 10.4 Å². The van der Waals surface area contributed by atoms with E-state index in [9.17, 15) is 9.59 Å². The van der Waals surface area contributed by atoms with Crippen molar-refractivity contribution in [3.8, 4) is 0 Å². The van der Waals surface area contributed by atoms with Gasteiger partial charge in [0.1, 0.15) is 6.54 Å². The van der Waals surface area contributed by atoms with Crippen LogP contribution in [0, 0.1) is 6.92 Å². The largest absolute Gasteiger partial charge is 0.480 e. The number of carbonyl (C=O) groups excluding carboxylic acids is 1. The van der Waals surface area contributed by atoms with Crippen LogP contribution in [0.4, 0.5) is 0 Å². The van der Waals surface area contributed by atoms with Crippen molar-refractivity contribution >= 4 is 29.3 Å². The fourth-order valence-electron chi connectivity index (χ4n) is 0.928. The average molecular weight is 225 g/mol. The first kappa shape index (κ1) is 11.5.